The van der Waals surface area contributed by atoms with Gasteiger partial charge in [0.15, 0.2) is 5.75 Å². The molecule has 0 bridgehead atoms. The molecule has 0 aliphatic carbocycles. The molecule has 3 N–H and O–H groups in total. The van der Waals surface area contributed by atoms with Crippen molar-refractivity contribution in [1.82, 2.24) is 0 Å². The molecular weight excluding hydrogens is 328 g/mol. The van der Waals surface area contributed by atoms with Crippen LogP contribution in [-0.2, 0) is 0 Å². The maximum atomic E-state index is 12.5. The quantitative estimate of drug-likeness (QED) is 0.633. The first-order valence-electron chi connectivity index (χ1n) is 8.33. The van der Waals surface area contributed by atoms with Gasteiger partial charge < -0.3 is 20.5 Å². The van der Waals surface area contributed by atoms with E-state index >= 15 is 0 Å². The second kappa shape index (κ2) is 8.07. The minimum Gasteiger partial charge on any atom is -0.492 e. The van der Waals surface area contributed by atoms with Crippen molar-refractivity contribution < 1.29 is 14.3 Å². The van der Waals surface area contributed by atoms with E-state index in [1.54, 1.807) is 24.3 Å². The number of anilines is 2. The summed E-state index contributed by atoms with van der Waals surface area (Å²) in [7, 11) is 0. The summed E-state index contributed by atoms with van der Waals surface area (Å²) in [4.78, 5) is 12.5. The molecule has 26 heavy (non-hydrogen) atoms. The van der Waals surface area contributed by atoms with Gasteiger partial charge in [-0.05, 0) is 31.2 Å². The molecule has 0 aliphatic heterocycles. The molecular formula is C21H20N2O3. The number of para-hydroxylation sites is 1. The summed E-state index contributed by atoms with van der Waals surface area (Å²) in [5, 5.41) is 2.87. The van der Waals surface area contributed by atoms with Gasteiger partial charge in [-0.15, -0.1) is 0 Å². The van der Waals surface area contributed by atoms with Crippen molar-refractivity contribution in [2.45, 2.75) is 6.92 Å². The highest BCUT2D eigenvalue weighted by atomic mass is 16.5. The van der Waals surface area contributed by atoms with Crippen LogP contribution in [0.1, 0.15) is 17.3 Å². The first-order chi connectivity index (χ1) is 12.7. The Bertz CT molecular complexity index is 881. The van der Waals surface area contributed by atoms with E-state index in [-0.39, 0.29) is 5.91 Å². The lowest BCUT2D eigenvalue weighted by atomic mass is 10.2. The lowest BCUT2D eigenvalue weighted by Crippen LogP contribution is -2.13. The molecule has 0 heterocycles. The average molecular weight is 348 g/mol. The number of carbonyl (C=O) groups excluding carboxylic acids is 1. The number of nitrogen functional groups attached to an aromatic ring is 1. The van der Waals surface area contributed by atoms with Crippen LogP contribution >= 0.6 is 0 Å². The molecule has 0 fully saturated rings. The number of nitrogens with one attached hydrogen (secondary N) is 1. The maximum absolute atomic E-state index is 12.5. The van der Waals surface area contributed by atoms with Crippen LogP contribution in [0.5, 0.6) is 17.2 Å². The van der Waals surface area contributed by atoms with Gasteiger partial charge in [0.25, 0.3) is 5.91 Å². The molecule has 3 aromatic carbocycles. The van der Waals surface area contributed by atoms with Gasteiger partial charge in [-0.1, -0.05) is 36.4 Å². The maximum Gasteiger partial charge on any atom is 0.255 e. The lowest BCUT2D eigenvalue weighted by Gasteiger charge is -2.16. The fourth-order valence-corrected chi connectivity index (χ4v) is 2.44. The topological polar surface area (TPSA) is 73.6 Å². The van der Waals surface area contributed by atoms with E-state index < -0.39 is 0 Å². The summed E-state index contributed by atoms with van der Waals surface area (Å²) in [5.74, 6) is 1.36. The normalized spacial score (nSPS) is 10.2. The summed E-state index contributed by atoms with van der Waals surface area (Å²) >= 11 is 0. The summed E-state index contributed by atoms with van der Waals surface area (Å²) in [6.45, 7) is 2.32. The van der Waals surface area contributed by atoms with Gasteiger partial charge >= 0.3 is 0 Å². The Kier molecular flexibility index (Phi) is 5.39. The molecule has 132 valence electrons. The van der Waals surface area contributed by atoms with Crippen molar-refractivity contribution in [3.63, 3.8) is 0 Å². The molecule has 5 heteroatoms. The number of nitrogens with two attached hydrogens (primary N) is 1. The van der Waals surface area contributed by atoms with Crippen molar-refractivity contribution >= 4 is 17.3 Å². The smallest absolute Gasteiger partial charge is 0.255 e. The molecule has 0 unspecified atom stereocenters. The number of rotatable bonds is 6. The molecule has 0 saturated heterocycles. The third-order valence-electron chi connectivity index (χ3n) is 3.67. The predicted octanol–water partition coefficient (Wildman–Crippen LogP) is 4.71. The fraction of sp³-hybridized carbons (Fsp3) is 0.0952. The van der Waals surface area contributed by atoms with Crippen molar-refractivity contribution in [3.05, 3.63) is 78.4 Å². The molecule has 3 aromatic rings. The Morgan fingerprint density at radius 1 is 0.962 bits per heavy atom. The van der Waals surface area contributed by atoms with E-state index in [4.69, 9.17) is 15.2 Å². The molecule has 0 aromatic heterocycles. The van der Waals surface area contributed by atoms with Gasteiger partial charge in [-0.25, -0.2) is 0 Å². The fourth-order valence-electron chi connectivity index (χ4n) is 2.44. The summed E-state index contributed by atoms with van der Waals surface area (Å²) < 4.78 is 11.4. The Morgan fingerprint density at radius 3 is 2.27 bits per heavy atom. The zero-order chi connectivity index (χ0) is 18.4. The van der Waals surface area contributed by atoms with Crippen molar-refractivity contribution in [2.75, 3.05) is 17.7 Å². The minimum atomic E-state index is -0.234. The van der Waals surface area contributed by atoms with E-state index in [1.165, 1.54) is 0 Å². The van der Waals surface area contributed by atoms with Crippen LogP contribution in [0.3, 0.4) is 0 Å². The average Bonchev–Trinajstić information content (AvgIpc) is 2.67. The molecule has 0 aliphatic rings. The van der Waals surface area contributed by atoms with Gasteiger partial charge in [0, 0.05) is 17.7 Å². The molecule has 0 radical (unpaired) electrons. The van der Waals surface area contributed by atoms with Crippen molar-refractivity contribution in [1.29, 1.82) is 0 Å². The second-order valence-corrected chi connectivity index (χ2v) is 5.55. The molecule has 5 nitrogen and oxygen atoms in total. The highest BCUT2D eigenvalue weighted by Gasteiger charge is 2.14. The van der Waals surface area contributed by atoms with Gasteiger partial charge in [0.1, 0.15) is 11.5 Å². The highest BCUT2D eigenvalue weighted by Crippen LogP contribution is 2.37. The van der Waals surface area contributed by atoms with E-state index in [0.717, 1.165) is 0 Å². The Hall–Kier alpha value is -3.47. The molecule has 3 rings (SSSR count). The number of ether oxygens (including phenoxy) is 2. The molecule has 0 saturated carbocycles. The van der Waals surface area contributed by atoms with Crippen LogP contribution in [-0.4, -0.2) is 12.5 Å². The van der Waals surface area contributed by atoms with Crippen LogP contribution < -0.4 is 20.5 Å². The number of hydrogen-bond donors (Lipinski definition) is 2. The lowest BCUT2D eigenvalue weighted by molar-refractivity contribution is 0.102. The largest absolute Gasteiger partial charge is 0.492 e. The van der Waals surface area contributed by atoms with Gasteiger partial charge in [-0.3, -0.25) is 4.79 Å². The number of hydrogen-bond acceptors (Lipinski definition) is 4. The second-order valence-electron chi connectivity index (χ2n) is 5.55. The first-order valence-corrected chi connectivity index (χ1v) is 8.33. The third kappa shape index (κ3) is 4.13. The van der Waals surface area contributed by atoms with E-state index in [2.05, 4.69) is 5.32 Å². The van der Waals surface area contributed by atoms with E-state index in [1.807, 2.05) is 55.5 Å². The number of carbonyl (C=O) groups is 1. The summed E-state index contributed by atoms with van der Waals surface area (Å²) in [6.07, 6.45) is 0. The van der Waals surface area contributed by atoms with Crippen LogP contribution in [0.25, 0.3) is 0 Å². The molecule has 0 spiro atoms. The Morgan fingerprint density at radius 2 is 1.62 bits per heavy atom. The summed E-state index contributed by atoms with van der Waals surface area (Å²) in [6, 6.07) is 21.6. The van der Waals surface area contributed by atoms with E-state index in [9.17, 15) is 4.79 Å². The Balaban J connectivity index is 1.91. The standard InChI is InChI=1S/C21H20N2O3/c1-2-25-20-13-17(22)19(26-16-11-7-4-8-12-16)14-18(20)23-21(24)15-9-5-3-6-10-15/h3-14H,2,22H2,1H3,(H,23,24). The SMILES string of the molecule is CCOc1cc(N)c(Oc2ccccc2)cc1NC(=O)c1ccccc1. The van der Waals surface area contributed by atoms with Crippen LogP contribution in [0.4, 0.5) is 11.4 Å². The zero-order valence-corrected chi connectivity index (χ0v) is 14.4. The van der Waals surface area contributed by atoms with Crippen LogP contribution in [0.15, 0.2) is 72.8 Å². The predicted molar refractivity (Wildman–Crippen MR) is 103 cm³/mol. The van der Waals surface area contributed by atoms with Crippen LogP contribution in [0, 0.1) is 0 Å². The first kappa shape index (κ1) is 17.4. The highest BCUT2D eigenvalue weighted by molar-refractivity contribution is 6.05. The number of benzene rings is 3. The molecule has 1 amide bonds. The monoisotopic (exact) mass is 348 g/mol. The Labute approximate surface area is 152 Å². The number of amides is 1. The van der Waals surface area contributed by atoms with Crippen LogP contribution in [0.2, 0.25) is 0 Å². The zero-order valence-electron chi connectivity index (χ0n) is 14.4. The molecule has 0 atom stereocenters. The van der Waals surface area contributed by atoms with Gasteiger partial charge in [0.2, 0.25) is 0 Å². The van der Waals surface area contributed by atoms with Crippen molar-refractivity contribution in [2.24, 2.45) is 0 Å². The van der Waals surface area contributed by atoms with Crippen molar-refractivity contribution in [3.8, 4) is 17.2 Å². The van der Waals surface area contributed by atoms with Gasteiger partial charge in [-0.2, -0.15) is 0 Å². The minimum absolute atomic E-state index is 0.234. The van der Waals surface area contributed by atoms with Gasteiger partial charge in [0.05, 0.1) is 18.0 Å². The van der Waals surface area contributed by atoms with E-state index in [0.29, 0.717) is 40.8 Å². The third-order valence-corrected chi connectivity index (χ3v) is 3.67. The summed E-state index contributed by atoms with van der Waals surface area (Å²) in [5.41, 5.74) is 7.57.